The van der Waals surface area contributed by atoms with Gasteiger partial charge in [0.05, 0.1) is 24.0 Å². The van der Waals surface area contributed by atoms with Gasteiger partial charge >= 0.3 is 0 Å². The second-order valence-electron chi connectivity index (χ2n) is 6.18. The molecule has 126 valence electrons. The van der Waals surface area contributed by atoms with E-state index in [0.29, 0.717) is 11.9 Å². The largest absolute Gasteiger partial charge is 0.361 e. The highest BCUT2D eigenvalue weighted by Gasteiger charge is 2.15. The molecule has 0 aliphatic rings. The summed E-state index contributed by atoms with van der Waals surface area (Å²) in [4.78, 5) is 18.3. The topological polar surface area (TPSA) is 60.9 Å². The molecule has 1 aromatic carbocycles. The second-order valence-corrected chi connectivity index (χ2v) is 7.03. The van der Waals surface area contributed by atoms with Crippen LogP contribution in [0.3, 0.4) is 0 Å². The molecule has 3 aromatic heterocycles. The number of hydrogen-bond donors (Lipinski definition) is 0. The number of thiophene rings is 1. The fourth-order valence-corrected chi connectivity index (χ4v) is 3.83. The van der Waals surface area contributed by atoms with Gasteiger partial charge in [-0.15, -0.1) is 11.3 Å². The molecule has 0 spiro atoms. The molecule has 0 fully saturated rings. The zero-order valence-electron chi connectivity index (χ0n) is 14.2. The van der Waals surface area contributed by atoms with E-state index in [-0.39, 0.29) is 5.56 Å². The minimum atomic E-state index is -0.0400. The van der Waals surface area contributed by atoms with E-state index < -0.39 is 0 Å². The Kier molecular flexibility index (Phi) is 3.77. The summed E-state index contributed by atoms with van der Waals surface area (Å²) in [6, 6.07) is 8.19. The van der Waals surface area contributed by atoms with Crippen LogP contribution in [-0.2, 0) is 6.54 Å². The normalized spacial score (nSPS) is 11.3. The molecular weight excluding hydrogens is 334 g/mol. The summed E-state index contributed by atoms with van der Waals surface area (Å²) in [7, 11) is 0. The van der Waals surface area contributed by atoms with Gasteiger partial charge in [0.25, 0.3) is 5.56 Å². The average Bonchev–Trinajstić information content (AvgIpc) is 3.17. The number of hydrogen-bond acceptors (Lipinski definition) is 5. The molecule has 0 aliphatic carbocycles. The number of benzene rings is 1. The van der Waals surface area contributed by atoms with Crippen molar-refractivity contribution in [2.45, 2.75) is 27.3 Å². The fourth-order valence-electron chi connectivity index (χ4n) is 2.92. The zero-order valence-corrected chi connectivity index (χ0v) is 15.1. The zero-order chi connectivity index (χ0) is 17.6. The minimum Gasteiger partial charge on any atom is -0.361 e. The summed E-state index contributed by atoms with van der Waals surface area (Å²) in [6.45, 7) is 6.19. The number of rotatable bonds is 3. The van der Waals surface area contributed by atoms with Crippen LogP contribution >= 0.6 is 11.3 Å². The van der Waals surface area contributed by atoms with Crippen LogP contribution in [0.1, 0.15) is 22.6 Å². The first-order valence-corrected chi connectivity index (χ1v) is 8.88. The summed E-state index contributed by atoms with van der Waals surface area (Å²) in [6.07, 6.45) is 1.60. The maximum Gasteiger partial charge on any atom is 0.263 e. The van der Waals surface area contributed by atoms with Gasteiger partial charge in [-0.25, -0.2) is 4.98 Å². The van der Waals surface area contributed by atoms with Gasteiger partial charge in [-0.05, 0) is 26.3 Å². The average molecular weight is 351 g/mol. The van der Waals surface area contributed by atoms with E-state index in [9.17, 15) is 4.79 Å². The SMILES string of the molecule is Cc1ccc(-c2csc3ncn(Cc4c(C)noc4C)c(=O)c23)cc1. The highest BCUT2D eigenvalue weighted by molar-refractivity contribution is 7.17. The van der Waals surface area contributed by atoms with Crippen LogP contribution in [0.25, 0.3) is 21.3 Å². The van der Waals surface area contributed by atoms with Crippen LogP contribution in [0.15, 0.2) is 45.3 Å². The lowest BCUT2D eigenvalue weighted by atomic mass is 10.1. The molecule has 0 unspecified atom stereocenters. The van der Waals surface area contributed by atoms with Gasteiger partial charge in [0, 0.05) is 16.5 Å². The molecule has 3 heterocycles. The molecule has 0 atom stereocenters. The molecule has 0 saturated carbocycles. The summed E-state index contributed by atoms with van der Waals surface area (Å²) < 4.78 is 6.82. The Labute approximate surface area is 148 Å². The Morgan fingerprint density at radius 3 is 2.60 bits per heavy atom. The van der Waals surface area contributed by atoms with E-state index in [1.807, 2.05) is 38.3 Å². The quantitative estimate of drug-likeness (QED) is 0.558. The van der Waals surface area contributed by atoms with Crippen LogP contribution in [0.2, 0.25) is 0 Å². The molecule has 6 heteroatoms. The summed E-state index contributed by atoms with van der Waals surface area (Å²) in [5.74, 6) is 0.730. The Morgan fingerprint density at radius 2 is 1.92 bits per heavy atom. The van der Waals surface area contributed by atoms with Gasteiger partial charge in [0.15, 0.2) is 0 Å². The third kappa shape index (κ3) is 2.68. The van der Waals surface area contributed by atoms with Gasteiger partial charge < -0.3 is 4.52 Å². The Hall–Kier alpha value is -2.73. The molecule has 0 N–H and O–H groups in total. The monoisotopic (exact) mass is 351 g/mol. The van der Waals surface area contributed by atoms with Crippen molar-refractivity contribution in [2.75, 3.05) is 0 Å². The van der Waals surface area contributed by atoms with E-state index in [1.165, 1.54) is 16.9 Å². The summed E-state index contributed by atoms with van der Waals surface area (Å²) in [5.41, 5.74) is 4.85. The van der Waals surface area contributed by atoms with Crippen molar-refractivity contribution in [3.05, 3.63) is 68.9 Å². The third-order valence-corrected chi connectivity index (χ3v) is 5.32. The molecule has 0 radical (unpaired) electrons. The standard InChI is InChI=1S/C19H17N3O2S/c1-11-4-6-14(7-5-11)16-9-25-18-17(16)19(23)22(10-20-18)8-15-12(2)21-24-13(15)3/h4-7,9-10H,8H2,1-3H3. The number of fused-ring (bicyclic) bond motifs is 1. The summed E-state index contributed by atoms with van der Waals surface area (Å²) >= 11 is 1.49. The maximum atomic E-state index is 13.1. The van der Waals surface area contributed by atoms with Crippen LogP contribution < -0.4 is 5.56 Å². The Bertz CT molecular complexity index is 1100. The molecule has 0 saturated heterocycles. The van der Waals surface area contributed by atoms with E-state index >= 15 is 0 Å². The van der Waals surface area contributed by atoms with Crippen LogP contribution in [0, 0.1) is 20.8 Å². The van der Waals surface area contributed by atoms with Gasteiger partial charge in [-0.3, -0.25) is 9.36 Å². The van der Waals surface area contributed by atoms with Gasteiger partial charge in [-0.2, -0.15) is 0 Å². The van der Waals surface area contributed by atoms with E-state index in [2.05, 4.69) is 22.3 Å². The number of aryl methyl sites for hydroxylation is 3. The molecule has 5 nitrogen and oxygen atoms in total. The second kappa shape index (κ2) is 5.97. The lowest BCUT2D eigenvalue weighted by Gasteiger charge is -2.06. The predicted molar refractivity (Wildman–Crippen MR) is 99.1 cm³/mol. The molecule has 4 rings (SSSR count). The van der Waals surface area contributed by atoms with Crippen molar-refractivity contribution in [3.63, 3.8) is 0 Å². The van der Waals surface area contributed by atoms with Crippen molar-refractivity contribution in [3.8, 4) is 11.1 Å². The highest BCUT2D eigenvalue weighted by atomic mass is 32.1. The van der Waals surface area contributed by atoms with Crippen LogP contribution in [0.4, 0.5) is 0 Å². The minimum absolute atomic E-state index is 0.0400. The van der Waals surface area contributed by atoms with E-state index in [1.54, 1.807) is 10.9 Å². The van der Waals surface area contributed by atoms with Crippen molar-refractivity contribution in [2.24, 2.45) is 0 Å². The molecule has 0 aliphatic heterocycles. The highest BCUT2D eigenvalue weighted by Crippen LogP contribution is 2.30. The van der Waals surface area contributed by atoms with Crippen LogP contribution in [-0.4, -0.2) is 14.7 Å². The van der Waals surface area contributed by atoms with E-state index in [4.69, 9.17) is 4.52 Å². The third-order valence-electron chi connectivity index (χ3n) is 4.43. The van der Waals surface area contributed by atoms with Crippen molar-refractivity contribution >= 4 is 21.6 Å². The molecule has 0 amide bonds. The predicted octanol–water partition coefficient (Wildman–Crippen LogP) is 4.09. The molecule has 0 bridgehead atoms. The lowest BCUT2D eigenvalue weighted by Crippen LogP contribution is -2.21. The van der Waals surface area contributed by atoms with Crippen molar-refractivity contribution in [1.29, 1.82) is 0 Å². The smallest absolute Gasteiger partial charge is 0.263 e. The molecular formula is C19H17N3O2S. The van der Waals surface area contributed by atoms with E-state index in [0.717, 1.165) is 33.0 Å². The number of nitrogens with zero attached hydrogens (tertiary/aromatic N) is 3. The fraction of sp³-hybridized carbons (Fsp3) is 0.211. The van der Waals surface area contributed by atoms with Crippen LogP contribution in [0.5, 0.6) is 0 Å². The molecule has 4 aromatic rings. The Balaban J connectivity index is 1.86. The first-order valence-electron chi connectivity index (χ1n) is 8.00. The van der Waals surface area contributed by atoms with Gasteiger partial charge in [0.2, 0.25) is 0 Å². The lowest BCUT2D eigenvalue weighted by molar-refractivity contribution is 0.392. The Morgan fingerprint density at radius 1 is 1.16 bits per heavy atom. The first kappa shape index (κ1) is 15.8. The maximum absolute atomic E-state index is 13.1. The van der Waals surface area contributed by atoms with Crippen molar-refractivity contribution in [1.82, 2.24) is 14.7 Å². The summed E-state index contributed by atoms with van der Waals surface area (Å²) in [5, 5.41) is 6.63. The molecule has 25 heavy (non-hydrogen) atoms. The number of aromatic nitrogens is 3. The van der Waals surface area contributed by atoms with Gasteiger partial charge in [-0.1, -0.05) is 35.0 Å². The first-order chi connectivity index (χ1) is 12.0. The van der Waals surface area contributed by atoms with Gasteiger partial charge in [0.1, 0.15) is 10.6 Å². The van der Waals surface area contributed by atoms with Crippen molar-refractivity contribution < 1.29 is 4.52 Å².